The van der Waals surface area contributed by atoms with E-state index in [1.54, 1.807) is 7.11 Å². The van der Waals surface area contributed by atoms with Crippen LogP contribution in [0.1, 0.15) is 40.0 Å². The van der Waals surface area contributed by atoms with Crippen LogP contribution in [-0.4, -0.2) is 63.3 Å². The molecule has 0 aromatic rings. The lowest BCUT2D eigenvalue weighted by Crippen LogP contribution is -2.43. The van der Waals surface area contributed by atoms with Crippen LogP contribution in [-0.2, 0) is 9.53 Å². The molecule has 0 spiro atoms. The minimum absolute atomic E-state index is 0.0698. The number of carbonyl (C=O) groups excluding carboxylic acids is 1. The lowest BCUT2D eigenvalue weighted by Gasteiger charge is -2.21. The summed E-state index contributed by atoms with van der Waals surface area (Å²) in [5, 5.41) is 6.17. The molecule has 0 aliphatic heterocycles. The largest absolute Gasteiger partial charge is 0.385 e. The van der Waals surface area contributed by atoms with Crippen molar-refractivity contribution in [3.63, 3.8) is 0 Å². The molecule has 1 unspecified atom stereocenters. The highest BCUT2D eigenvalue weighted by atomic mass is 16.5. The second-order valence-electron chi connectivity index (χ2n) is 5.59. The van der Waals surface area contributed by atoms with Crippen LogP contribution in [0, 0.1) is 0 Å². The molecule has 2 N–H and O–H groups in total. The number of hydrogen-bond donors (Lipinski definition) is 2. The van der Waals surface area contributed by atoms with Crippen molar-refractivity contribution in [3.8, 4) is 0 Å². The molecule has 0 aromatic heterocycles. The molecule has 0 aliphatic rings. The quantitative estimate of drug-likeness (QED) is 0.530. The van der Waals surface area contributed by atoms with Crippen LogP contribution >= 0.6 is 0 Å². The van der Waals surface area contributed by atoms with E-state index in [2.05, 4.69) is 36.4 Å². The zero-order valence-electron chi connectivity index (χ0n) is 13.9. The van der Waals surface area contributed by atoms with Gasteiger partial charge in [-0.1, -0.05) is 0 Å². The Morgan fingerprint density at radius 2 is 1.85 bits per heavy atom. The molecule has 0 heterocycles. The Kier molecular flexibility index (Phi) is 11.7. The molecule has 0 saturated carbocycles. The second-order valence-corrected chi connectivity index (χ2v) is 5.59. The van der Waals surface area contributed by atoms with Gasteiger partial charge in [0.25, 0.3) is 0 Å². The maximum atomic E-state index is 11.7. The van der Waals surface area contributed by atoms with Gasteiger partial charge in [-0.3, -0.25) is 4.79 Å². The zero-order chi connectivity index (χ0) is 15.4. The first kappa shape index (κ1) is 19.4. The summed E-state index contributed by atoms with van der Waals surface area (Å²) in [6.07, 6.45) is 3.11. The summed E-state index contributed by atoms with van der Waals surface area (Å²) >= 11 is 0. The molecule has 1 atom stereocenters. The number of ether oxygens (including phenoxy) is 1. The van der Waals surface area contributed by atoms with Crippen LogP contribution in [0.4, 0.5) is 0 Å². The highest BCUT2D eigenvalue weighted by Crippen LogP contribution is 1.97. The molecule has 0 aromatic carbocycles. The molecule has 0 rings (SSSR count). The molecule has 0 aliphatic carbocycles. The summed E-state index contributed by atoms with van der Waals surface area (Å²) in [5.41, 5.74) is 0. The predicted octanol–water partition coefficient (Wildman–Crippen LogP) is 1.24. The van der Waals surface area contributed by atoms with Crippen molar-refractivity contribution in [2.45, 2.75) is 52.1 Å². The first-order chi connectivity index (χ1) is 9.49. The molecule has 0 bridgehead atoms. The van der Waals surface area contributed by atoms with Gasteiger partial charge in [0.05, 0.1) is 6.04 Å². The summed E-state index contributed by atoms with van der Waals surface area (Å²) in [4.78, 5) is 14.1. The molecule has 1 amide bonds. The number of carbonyl (C=O) groups is 1. The lowest BCUT2D eigenvalue weighted by atomic mass is 10.2. The first-order valence-corrected chi connectivity index (χ1v) is 7.69. The van der Waals surface area contributed by atoms with Crippen LogP contribution in [0.15, 0.2) is 0 Å². The van der Waals surface area contributed by atoms with E-state index >= 15 is 0 Å². The number of nitrogens with one attached hydrogen (secondary N) is 2. The van der Waals surface area contributed by atoms with Gasteiger partial charge in [0, 0.05) is 26.3 Å². The first-order valence-electron chi connectivity index (χ1n) is 7.69. The number of hydrogen-bond acceptors (Lipinski definition) is 4. The van der Waals surface area contributed by atoms with Crippen LogP contribution in [0.2, 0.25) is 0 Å². The fourth-order valence-electron chi connectivity index (χ4n) is 1.74. The van der Waals surface area contributed by atoms with Gasteiger partial charge in [-0.05, 0) is 60.2 Å². The molecule has 0 saturated heterocycles. The van der Waals surface area contributed by atoms with Crippen molar-refractivity contribution in [2.24, 2.45) is 0 Å². The van der Waals surface area contributed by atoms with Crippen molar-refractivity contribution in [1.82, 2.24) is 15.5 Å². The normalized spacial score (nSPS) is 12.9. The Bertz CT molecular complexity index is 247. The molecule has 0 fully saturated rings. The third-order valence-corrected chi connectivity index (χ3v) is 3.49. The minimum Gasteiger partial charge on any atom is -0.385 e. The molecule has 0 radical (unpaired) electrons. The van der Waals surface area contributed by atoms with Crippen LogP contribution in [0.25, 0.3) is 0 Å². The van der Waals surface area contributed by atoms with Gasteiger partial charge >= 0.3 is 0 Å². The molecule has 120 valence electrons. The maximum Gasteiger partial charge on any atom is 0.236 e. The Morgan fingerprint density at radius 1 is 1.15 bits per heavy atom. The van der Waals surface area contributed by atoms with E-state index in [9.17, 15) is 4.79 Å². The third kappa shape index (κ3) is 10.2. The van der Waals surface area contributed by atoms with Gasteiger partial charge in [0.2, 0.25) is 5.91 Å². The summed E-state index contributed by atoms with van der Waals surface area (Å²) in [5.74, 6) is 0.0698. The molecular formula is C15H33N3O2. The highest BCUT2D eigenvalue weighted by Gasteiger charge is 2.10. The average Bonchev–Trinajstić information content (AvgIpc) is 2.42. The highest BCUT2D eigenvalue weighted by molar-refractivity contribution is 5.81. The van der Waals surface area contributed by atoms with E-state index in [0.29, 0.717) is 19.2 Å². The summed E-state index contributed by atoms with van der Waals surface area (Å²) in [7, 11) is 3.82. The van der Waals surface area contributed by atoms with Gasteiger partial charge in [-0.15, -0.1) is 0 Å². The standard InChI is InChI=1S/C15H33N3O2/c1-13(2)18(4)11-7-6-9-16-14(3)15(19)17-10-8-12-20-5/h13-14,16H,6-12H2,1-5H3,(H,17,19). The molecular weight excluding hydrogens is 254 g/mol. The van der Waals surface area contributed by atoms with Crippen molar-refractivity contribution in [2.75, 3.05) is 40.4 Å². The summed E-state index contributed by atoms with van der Waals surface area (Å²) in [6.45, 7) is 9.67. The van der Waals surface area contributed by atoms with Crippen molar-refractivity contribution < 1.29 is 9.53 Å². The van der Waals surface area contributed by atoms with Crippen LogP contribution < -0.4 is 10.6 Å². The molecule has 20 heavy (non-hydrogen) atoms. The lowest BCUT2D eigenvalue weighted by molar-refractivity contribution is -0.122. The topological polar surface area (TPSA) is 53.6 Å². The second kappa shape index (κ2) is 12.1. The smallest absolute Gasteiger partial charge is 0.236 e. The molecule has 5 heteroatoms. The van der Waals surface area contributed by atoms with E-state index in [1.165, 1.54) is 0 Å². The van der Waals surface area contributed by atoms with E-state index in [4.69, 9.17) is 4.74 Å². The van der Waals surface area contributed by atoms with Crippen molar-refractivity contribution >= 4 is 5.91 Å². The molecule has 5 nitrogen and oxygen atoms in total. The van der Waals surface area contributed by atoms with Gasteiger partial charge < -0.3 is 20.3 Å². The average molecular weight is 287 g/mol. The van der Waals surface area contributed by atoms with Crippen molar-refractivity contribution in [1.29, 1.82) is 0 Å². The van der Waals surface area contributed by atoms with Gasteiger partial charge in [-0.25, -0.2) is 0 Å². The van der Waals surface area contributed by atoms with E-state index in [-0.39, 0.29) is 11.9 Å². The number of unbranched alkanes of at least 4 members (excludes halogenated alkanes) is 1. The fourth-order valence-corrected chi connectivity index (χ4v) is 1.74. The summed E-state index contributed by atoms with van der Waals surface area (Å²) in [6, 6.07) is 0.472. The van der Waals surface area contributed by atoms with Crippen molar-refractivity contribution in [3.05, 3.63) is 0 Å². The Hall–Kier alpha value is -0.650. The number of methoxy groups -OCH3 is 1. The summed E-state index contributed by atoms with van der Waals surface area (Å²) < 4.78 is 4.94. The Labute approximate surface area is 124 Å². The van der Waals surface area contributed by atoms with Gasteiger partial charge in [0.15, 0.2) is 0 Å². The van der Waals surface area contributed by atoms with E-state index in [0.717, 1.165) is 32.4 Å². The van der Waals surface area contributed by atoms with E-state index in [1.807, 2.05) is 6.92 Å². The number of nitrogens with zero attached hydrogens (tertiary/aromatic N) is 1. The number of amides is 1. The number of rotatable bonds is 12. The van der Waals surface area contributed by atoms with Crippen LogP contribution in [0.5, 0.6) is 0 Å². The fraction of sp³-hybridized carbons (Fsp3) is 0.933. The van der Waals surface area contributed by atoms with Gasteiger partial charge in [0.1, 0.15) is 0 Å². The third-order valence-electron chi connectivity index (χ3n) is 3.49. The SMILES string of the molecule is COCCCNC(=O)C(C)NCCCCN(C)C(C)C. The van der Waals surface area contributed by atoms with Gasteiger partial charge in [-0.2, -0.15) is 0 Å². The maximum absolute atomic E-state index is 11.7. The predicted molar refractivity (Wildman–Crippen MR) is 84.0 cm³/mol. The zero-order valence-corrected chi connectivity index (χ0v) is 13.9. The van der Waals surface area contributed by atoms with E-state index < -0.39 is 0 Å². The monoisotopic (exact) mass is 287 g/mol. The Morgan fingerprint density at radius 3 is 2.45 bits per heavy atom. The minimum atomic E-state index is -0.125. The van der Waals surface area contributed by atoms with Crippen LogP contribution in [0.3, 0.4) is 0 Å². The Balaban J connectivity index is 3.52.